The first-order chi connectivity index (χ1) is 10.9. The highest BCUT2D eigenvalue weighted by Gasteiger charge is 2.33. The van der Waals surface area contributed by atoms with Crippen LogP contribution in [0.3, 0.4) is 0 Å². The van der Waals surface area contributed by atoms with Gasteiger partial charge in [-0.3, -0.25) is 9.59 Å². The third-order valence-electron chi connectivity index (χ3n) is 3.37. The molecule has 0 N–H and O–H groups in total. The standard InChI is InChI=1S/C16H12O6S/c1-2-21-23(19,20)22-13-9-5-8-12-14(13)16(18)11-7-4-3-6-10(11)15(12)17/h3-9H,2H2,1H3. The number of fused-ring (bicyclic) bond motifs is 2. The Morgan fingerprint density at radius 3 is 2.13 bits per heavy atom. The lowest BCUT2D eigenvalue weighted by molar-refractivity contribution is 0.0977. The second-order valence-corrected chi connectivity index (χ2v) is 6.00. The van der Waals surface area contributed by atoms with Gasteiger partial charge >= 0.3 is 10.4 Å². The van der Waals surface area contributed by atoms with Crippen LogP contribution in [0.15, 0.2) is 42.5 Å². The predicted molar refractivity (Wildman–Crippen MR) is 80.9 cm³/mol. The molecule has 23 heavy (non-hydrogen) atoms. The van der Waals surface area contributed by atoms with Gasteiger partial charge in [0.25, 0.3) is 0 Å². The van der Waals surface area contributed by atoms with Crippen LogP contribution in [0.1, 0.15) is 38.8 Å². The molecule has 1 aliphatic carbocycles. The number of hydrogen-bond donors (Lipinski definition) is 0. The van der Waals surface area contributed by atoms with Crippen molar-refractivity contribution in [2.45, 2.75) is 6.92 Å². The third kappa shape index (κ3) is 2.64. The van der Waals surface area contributed by atoms with Crippen LogP contribution in [-0.4, -0.2) is 26.6 Å². The van der Waals surface area contributed by atoms with Crippen LogP contribution in [0.25, 0.3) is 0 Å². The van der Waals surface area contributed by atoms with Crippen molar-refractivity contribution in [1.82, 2.24) is 0 Å². The molecule has 0 radical (unpaired) electrons. The van der Waals surface area contributed by atoms with E-state index in [4.69, 9.17) is 4.18 Å². The van der Waals surface area contributed by atoms with E-state index in [1.807, 2.05) is 0 Å². The van der Waals surface area contributed by atoms with Crippen LogP contribution >= 0.6 is 0 Å². The van der Waals surface area contributed by atoms with Crippen LogP contribution in [0, 0.1) is 0 Å². The first kappa shape index (κ1) is 15.4. The fourth-order valence-corrected chi connectivity index (χ4v) is 3.16. The molecule has 7 heteroatoms. The van der Waals surface area contributed by atoms with Gasteiger partial charge in [0, 0.05) is 16.7 Å². The van der Waals surface area contributed by atoms with Gasteiger partial charge in [0.15, 0.2) is 17.3 Å². The summed E-state index contributed by atoms with van der Waals surface area (Å²) in [5, 5.41) is 0. The minimum atomic E-state index is -4.30. The molecule has 0 aromatic heterocycles. The zero-order chi connectivity index (χ0) is 16.6. The normalized spacial score (nSPS) is 13.4. The lowest BCUT2D eigenvalue weighted by Gasteiger charge is -2.19. The van der Waals surface area contributed by atoms with E-state index in [1.165, 1.54) is 31.2 Å². The summed E-state index contributed by atoms with van der Waals surface area (Å²) in [7, 11) is -4.30. The van der Waals surface area contributed by atoms with Crippen molar-refractivity contribution < 1.29 is 26.4 Å². The Morgan fingerprint density at radius 2 is 1.48 bits per heavy atom. The fourth-order valence-electron chi connectivity index (χ4n) is 2.46. The predicted octanol–water partition coefficient (Wildman–Crippen LogP) is 2.12. The second-order valence-electron chi connectivity index (χ2n) is 4.78. The summed E-state index contributed by atoms with van der Waals surface area (Å²) in [5.74, 6) is -1.03. The van der Waals surface area contributed by atoms with Gasteiger partial charge in [-0.05, 0) is 13.0 Å². The zero-order valence-corrected chi connectivity index (χ0v) is 12.9. The highest BCUT2D eigenvalue weighted by molar-refractivity contribution is 7.82. The van der Waals surface area contributed by atoms with Crippen molar-refractivity contribution in [3.05, 3.63) is 64.7 Å². The van der Waals surface area contributed by atoms with E-state index in [1.54, 1.807) is 18.2 Å². The molecule has 0 unspecified atom stereocenters. The van der Waals surface area contributed by atoms with E-state index in [9.17, 15) is 18.0 Å². The Labute approximate surface area is 133 Å². The second kappa shape index (κ2) is 5.60. The number of rotatable bonds is 4. The highest BCUT2D eigenvalue weighted by atomic mass is 32.3. The largest absolute Gasteiger partial charge is 0.449 e. The lowest BCUT2D eigenvalue weighted by atomic mass is 9.84. The first-order valence-electron chi connectivity index (χ1n) is 6.85. The van der Waals surface area contributed by atoms with Crippen molar-refractivity contribution in [2.24, 2.45) is 0 Å². The molecule has 0 bridgehead atoms. The van der Waals surface area contributed by atoms with Crippen LogP contribution in [-0.2, 0) is 14.6 Å². The van der Waals surface area contributed by atoms with Crippen molar-refractivity contribution in [1.29, 1.82) is 0 Å². The van der Waals surface area contributed by atoms with Crippen LogP contribution in [0.5, 0.6) is 5.75 Å². The maximum Gasteiger partial charge on any atom is 0.449 e. The Kier molecular flexibility index (Phi) is 3.75. The average molecular weight is 332 g/mol. The minimum Gasteiger partial charge on any atom is -0.361 e. The third-order valence-corrected chi connectivity index (χ3v) is 4.28. The van der Waals surface area contributed by atoms with E-state index < -0.39 is 16.2 Å². The average Bonchev–Trinajstić information content (AvgIpc) is 2.52. The van der Waals surface area contributed by atoms with Crippen molar-refractivity contribution >= 4 is 22.0 Å². The van der Waals surface area contributed by atoms with Gasteiger partial charge in [0.1, 0.15) is 0 Å². The summed E-state index contributed by atoms with van der Waals surface area (Å²) in [6, 6.07) is 10.6. The molecule has 0 heterocycles. The highest BCUT2D eigenvalue weighted by Crippen LogP contribution is 2.33. The molecule has 0 saturated carbocycles. The molecule has 0 spiro atoms. The molecule has 3 rings (SSSR count). The molecular weight excluding hydrogens is 320 g/mol. The van der Waals surface area contributed by atoms with Crippen molar-refractivity contribution in [2.75, 3.05) is 6.61 Å². The Morgan fingerprint density at radius 1 is 0.870 bits per heavy atom. The quantitative estimate of drug-likeness (QED) is 0.727. The molecule has 6 nitrogen and oxygen atoms in total. The van der Waals surface area contributed by atoms with Gasteiger partial charge < -0.3 is 4.18 Å². The first-order valence-corrected chi connectivity index (χ1v) is 8.18. The van der Waals surface area contributed by atoms with E-state index in [0.717, 1.165) is 0 Å². The van der Waals surface area contributed by atoms with E-state index >= 15 is 0 Å². The number of benzene rings is 2. The minimum absolute atomic E-state index is 0.0699. The molecule has 0 aliphatic heterocycles. The summed E-state index contributed by atoms with van der Waals surface area (Å²) in [5.41, 5.74) is 0.544. The van der Waals surface area contributed by atoms with Gasteiger partial charge in [-0.1, -0.05) is 36.4 Å². The van der Waals surface area contributed by atoms with E-state index in [-0.39, 0.29) is 40.4 Å². The molecule has 2 aromatic rings. The molecule has 0 saturated heterocycles. The molecule has 118 valence electrons. The number of hydrogen-bond acceptors (Lipinski definition) is 6. The maximum absolute atomic E-state index is 12.7. The summed E-state index contributed by atoms with van der Waals surface area (Å²) in [6.45, 7) is 1.39. The number of carbonyl (C=O) groups excluding carboxylic acids is 2. The molecule has 0 fully saturated rings. The maximum atomic E-state index is 12.7. The Hall–Kier alpha value is -2.51. The summed E-state index contributed by atoms with van der Waals surface area (Å²) in [4.78, 5) is 25.2. The van der Waals surface area contributed by atoms with Gasteiger partial charge in [-0.2, -0.15) is 8.42 Å². The topological polar surface area (TPSA) is 86.7 Å². The number of ketones is 2. The van der Waals surface area contributed by atoms with Gasteiger partial charge in [0.2, 0.25) is 0 Å². The molecule has 2 aromatic carbocycles. The molecule has 0 atom stereocenters. The number of carbonyl (C=O) groups is 2. The van der Waals surface area contributed by atoms with E-state index in [0.29, 0.717) is 0 Å². The zero-order valence-electron chi connectivity index (χ0n) is 12.1. The Balaban J connectivity index is 2.15. The van der Waals surface area contributed by atoms with Crippen molar-refractivity contribution in [3.63, 3.8) is 0 Å². The molecule has 0 amide bonds. The summed E-state index contributed by atoms with van der Waals surface area (Å²) < 4.78 is 32.7. The van der Waals surface area contributed by atoms with E-state index in [2.05, 4.69) is 4.18 Å². The summed E-state index contributed by atoms with van der Waals surface area (Å²) in [6.07, 6.45) is 0. The van der Waals surface area contributed by atoms with Gasteiger partial charge in [-0.15, -0.1) is 0 Å². The van der Waals surface area contributed by atoms with Gasteiger partial charge in [-0.25, -0.2) is 4.18 Å². The van der Waals surface area contributed by atoms with Crippen LogP contribution in [0.2, 0.25) is 0 Å². The lowest BCUT2D eigenvalue weighted by Crippen LogP contribution is -2.23. The van der Waals surface area contributed by atoms with Crippen LogP contribution < -0.4 is 4.18 Å². The SMILES string of the molecule is CCOS(=O)(=O)Oc1cccc2c1C(=O)c1ccccc1C2=O. The van der Waals surface area contributed by atoms with Crippen LogP contribution in [0.4, 0.5) is 0 Å². The Bertz CT molecular complexity index is 914. The smallest absolute Gasteiger partial charge is 0.361 e. The monoisotopic (exact) mass is 332 g/mol. The fraction of sp³-hybridized carbons (Fsp3) is 0.125. The molecular formula is C16H12O6S. The van der Waals surface area contributed by atoms with Crippen molar-refractivity contribution in [3.8, 4) is 5.75 Å². The van der Waals surface area contributed by atoms with Gasteiger partial charge in [0.05, 0.1) is 12.2 Å². The molecule has 1 aliphatic rings. The summed E-state index contributed by atoms with van der Waals surface area (Å²) >= 11 is 0.